The minimum atomic E-state index is -0.741. The van der Waals surface area contributed by atoms with Crippen molar-refractivity contribution in [3.8, 4) is 0 Å². The summed E-state index contributed by atoms with van der Waals surface area (Å²) in [6, 6.07) is 9.82. The highest BCUT2D eigenvalue weighted by Crippen LogP contribution is 2.28. The van der Waals surface area contributed by atoms with Crippen LogP contribution in [-0.2, 0) is 14.3 Å². The summed E-state index contributed by atoms with van der Waals surface area (Å²) in [5.74, 6) is 0.182. The third-order valence-electron chi connectivity index (χ3n) is 4.29. The molecule has 0 heterocycles. The molecular formula is C22H22N2O3. The number of methoxy groups -OCH3 is 2. The van der Waals surface area contributed by atoms with E-state index >= 15 is 0 Å². The topological polar surface area (TPSA) is 60.3 Å². The number of ether oxygens (including phenoxy) is 2. The smallest absolute Gasteiger partial charge is 0.261 e. The Bertz CT molecular complexity index is 908. The molecule has 5 heteroatoms. The molecule has 0 saturated heterocycles. The summed E-state index contributed by atoms with van der Waals surface area (Å²) < 4.78 is 10.4. The number of ketones is 1. The number of benzene rings is 1. The summed E-state index contributed by atoms with van der Waals surface area (Å²) in [6.45, 7) is 3.90. The second-order valence-electron chi connectivity index (χ2n) is 6.51. The normalized spacial score (nSPS) is 21.6. The van der Waals surface area contributed by atoms with Gasteiger partial charge in [0, 0.05) is 0 Å². The van der Waals surface area contributed by atoms with Crippen LogP contribution in [0.3, 0.4) is 0 Å². The Morgan fingerprint density at radius 2 is 1.59 bits per heavy atom. The van der Waals surface area contributed by atoms with Gasteiger partial charge < -0.3 is 9.47 Å². The first kappa shape index (κ1) is 18.6. The lowest BCUT2D eigenvalue weighted by Crippen LogP contribution is -2.28. The maximum Gasteiger partial charge on any atom is 0.261 e. The lowest BCUT2D eigenvalue weighted by Gasteiger charge is -2.25. The van der Waals surface area contributed by atoms with Gasteiger partial charge in [-0.3, -0.25) is 9.79 Å². The monoisotopic (exact) mass is 362 g/mol. The second-order valence-corrected chi connectivity index (χ2v) is 6.51. The molecule has 0 aromatic heterocycles. The quantitative estimate of drug-likeness (QED) is 0.757. The predicted octanol–water partition coefficient (Wildman–Crippen LogP) is 4.12. The number of nitrogens with zero attached hydrogens (tertiary/aromatic N) is 2. The van der Waals surface area contributed by atoms with Crippen LogP contribution in [0.5, 0.6) is 0 Å². The number of allylic oxidation sites excluding steroid dienone is 4. The summed E-state index contributed by atoms with van der Waals surface area (Å²) in [5, 5.41) is 0. The minimum absolute atomic E-state index is 0.230. The summed E-state index contributed by atoms with van der Waals surface area (Å²) in [6.07, 6.45) is 9.24. The molecule has 1 aromatic rings. The number of aliphatic imine (C=N–C) groups is 2. The molecule has 0 atom stereocenters. The maximum atomic E-state index is 12.2. The Hall–Kier alpha value is -3.21. The van der Waals surface area contributed by atoms with Gasteiger partial charge in [-0.05, 0) is 61.9 Å². The fourth-order valence-electron chi connectivity index (χ4n) is 2.95. The van der Waals surface area contributed by atoms with E-state index in [1.165, 1.54) is 14.2 Å². The molecule has 27 heavy (non-hydrogen) atoms. The van der Waals surface area contributed by atoms with Crippen molar-refractivity contribution in [3.63, 3.8) is 0 Å². The highest BCUT2D eigenvalue weighted by molar-refractivity contribution is 6.21. The van der Waals surface area contributed by atoms with E-state index in [9.17, 15) is 4.79 Å². The molecular weight excluding hydrogens is 340 g/mol. The fraction of sp³-hybridized carbons (Fsp3) is 0.227. The molecule has 0 amide bonds. The Balaban J connectivity index is 1.92. The molecule has 3 rings (SSSR count). The summed E-state index contributed by atoms with van der Waals surface area (Å²) in [4.78, 5) is 21.6. The largest absolute Gasteiger partial charge is 0.493 e. The molecule has 0 saturated carbocycles. The number of carbonyl (C=O) groups is 1. The molecule has 0 N–H and O–H groups in total. The van der Waals surface area contributed by atoms with Gasteiger partial charge in [0.25, 0.3) is 5.78 Å². The highest BCUT2D eigenvalue weighted by atomic mass is 16.5. The fourth-order valence-corrected chi connectivity index (χ4v) is 2.95. The summed E-state index contributed by atoms with van der Waals surface area (Å²) in [7, 11) is 2.93. The summed E-state index contributed by atoms with van der Waals surface area (Å²) >= 11 is 0. The molecule has 1 aromatic carbocycles. The molecule has 2 aliphatic carbocycles. The van der Waals surface area contributed by atoms with E-state index in [1.54, 1.807) is 12.2 Å². The molecule has 0 unspecified atom stereocenters. The van der Waals surface area contributed by atoms with Crippen molar-refractivity contribution in [2.45, 2.75) is 19.4 Å². The van der Waals surface area contributed by atoms with Crippen LogP contribution in [0.1, 0.15) is 13.8 Å². The van der Waals surface area contributed by atoms with Crippen molar-refractivity contribution in [1.29, 1.82) is 0 Å². The molecule has 138 valence electrons. The molecule has 0 fully saturated rings. The van der Waals surface area contributed by atoms with E-state index in [0.29, 0.717) is 0 Å². The zero-order valence-corrected chi connectivity index (χ0v) is 15.9. The zero-order chi connectivity index (χ0) is 19.4. The van der Waals surface area contributed by atoms with Gasteiger partial charge in [-0.1, -0.05) is 18.2 Å². The van der Waals surface area contributed by atoms with Crippen molar-refractivity contribution in [2.24, 2.45) is 9.98 Å². The van der Waals surface area contributed by atoms with Crippen LogP contribution in [-0.4, -0.2) is 37.0 Å². The molecule has 0 aliphatic heterocycles. The van der Waals surface area contributed by atoms with Crippen LogP contribution < -0.4 is 0 Å². The van der Waals surface area contributed by atoms with Gasteiger partial charge in [0.05, 0.1) is 31.3 Å². The number of carbonyl (C=O) groups excluding carboxylic acids is 1. The Labute approximate surface area is 159 Å². The molecule has 2 aliphatic rings. The van der Waals surface area contributed by atoms with E-state index < -0.39 is 5.54 Å². The van der Waals surface area contributed by atoms with Gasteiger partial charge >= 0.3 is 0 Å². The van der Waals surface area contributed by atoms with Crippen molar-refractivity contribution >= 4 is 22.9 Å². The maximum absolute atomic E-state index is 12.2. The Morgan fingerprint density at radius 1 is 0.963 bits per heavy atom. The third kappa shape index (κ3) is 4.14. The number of para-hydroxylation sites is 1. The van der Waals surface area contributed by atoms with Crippen molar-refractivity contribution in [1.82, 2.24) is 0 Å². The lowest BCUT2D eigenvalue weighted by atomic mass is 9.93. The number of hydrogen-bond acceptors (Lipinski definition) is 5. The molecule has 5 nitrogen and oxygen atoms in total. The Morgan fingerprint density at radius 3 is 2.15 bits per heavy atom. The van der Waals surface area contributed by atoms with Gasteiger partial charge in [0.15, 0.2) is 11.5 Å². The molecule has 0 bridgehead atoms. The Kier molecular flexibility index (Phi) is 5.21. The van der Waals surface area contributed by atoms with E-state index in [1.807, 2.05) is 62.4 Å². The zero-order valence-electron chi connectivity index (χ0n) is 15.9. The van der Waals surface area contributed by atoms with Gasteiger partial charge in [0.1, 0.15) is 5.54 Å². The van der Waals surface area contributed by atoms with Crippen LogP contribution in [0.4, 0.5) is 5.69 Å². The first-order chi connectivity index (χ1) is 12.9. The summed E-state index contributed by atoms with van der Waals surface area (Å²) in [5.41, 5.74) is 2.86. The SMILES string of the molecule is COC1=CC(C)(N=C2C=CC(=Nc3ccccc3)C(C)=C2)C=C(OC)C1=O. The standard InChI is InChI=1S/C22H22N2O3/c1-15-12-17(10-11-18(15)23-16-8-6-5-7-9-16)24-22(2)13-19(26-3)21(25)20(14-22)27-4/h5-14H,1-4H3. The van der Waals surface area contributed by atoms with Gasteiger partial charge in [-0.15, -0.1) is 0 Å². The van der Waals surface area contributed by atoms with Crippen LogP contribution in [0.2, 0.25) is 0 Å². The van der Waals surface area contributed by atoms with Crippen LogP contribution >= 0.6 is 0 Å². The average Bonchev–Trinajstić information content (AvgIpc) is 2.66. The number of rotatable bonds is 4. The van der Waals surface area contributed by atoms with E-state index in [4.69, 9.17) is 14.5 Å². The van der Waals surface area contributed by atoms with Crippen molar-refractivity contribution < 1.29 is 14.3 Å². The number of hydrogen-bond donors (Lipinski definition) is 0. The predicted molar refractivity (Wildman–Crippen MR) is 107 cm³/mol. The van der Waals surface area contributed by atoms with Crippen molar-refractivity contribution in [3.05, 3.63) is 77.8 Å². The van der Waals surface area contributed by atoms with Crippen LogP contribution in [0, 0.1) is 0 Å². The molecule has 0 spiro atoms. The van der Waals surface area contributed by atoms with Gasteiger partial charge in [-0.2, -0.15) is 0 Å². The lowest BCUT2D eigenvalue weighted by molar-refractivity contribution is -0.118. The van der Waals surface area contributed by atoms with E-state index in [2.05, 4.69) is 4.99 Å². The number of Topliss-reactive ketones (excluding diaryl/α,β-unsaturated/α-hetero) is 1. The average molecular weight is 362 g/mol. The third-order valence-corrected chi connectivity index (χ3v) is 4.29. The van der Waals surface area contributed by atoms with E-state index in [0.717, 1.165) is 22.7 Å². The highest BCUT2D eigenvalue weighted by Gasteiger charge is 2.32. The first-order valence-corrected chi connectivity index (χ1v) is 8.63. The van der Waals surface area contributed by atoms with E-state index in [-0.39, 0.29) is 17.3 Å². The van der Waals surface area contributed by atoms with Gasteiger partial charge in [-0.25, -0.2) is 4.99 Å². The van der Waals surface area contributed by atoms with Crippen LogP contribution in [0.15, 0.2) is 87.8 Å². The molecule has 0 radical (unpaired) electrons. The van der Waals surface area contributed by atoms with Crippen molar-refractivity contribution in [2.75, 3.05) is 14.2 Å². The van der Waals surface area contributed by atoms with Crippen LogP contribution in [0.25, 0.3) is 0 Å². The van der Waals surface area contributed by atoms with Gasteiger partial charge in [0.2, 0.25) is 0 Å². The minimum Gasteiger partial charge on any atom is -0.493 e. The first-order valence-electron chi connectivity index (χ1n) is 8.63. The second kappa shape index (κ2) is 7.58.